The number of aromatic nitrogens is 3. The summed E-state index contributed by atoms with van der Waals surface area (Å²) in [4.78, 5) is 0. The Morgan fingerprint density at radius 1 is 1.05 bits per heavy atom. The summed E-state index contributed by atoms with van der Waals surface area (Å²) >= 11 is 0. The number of nitrogens with zero attached hydrogens (tertiary/aromatic N) is 3. The Balaban J connectivity index is 1.87. The second-order valence-corrected chi connectivity index (χ2v) is 13.0. The minimum atomic E-state index is -1.20. The summed E-state index contributed by atoms with van der Waals surface area (Å²) < 4.78 is 1.91. The number of hydrogen-bond acceptors (Lipinski definition) is 3. The number of rotatable bonds is 5. The average Bonchev–Trinajstić information content (AvgIpc) is 2.87. The van der Waals surface area contributed by atoms with Crippen molar-refractivity contribution < 1.29 is 0 Å². The Labute approximate surface area is 134 Å². The van der Waals surface area contributed by atoms with Crippen LogP contribution in [0.15, 0.2) is 30.5 Å². The van der Waals surface area contributed by atoms with Gasteiger partial charge in [-0.2, -0.15) is 0 Å². The van der Waals surface area contributed by atoms with Crippen molar-refractivity contribution in [1.82, 2.24) is 20.3 Å². The lowest BCUT2D eigenvalue weighted by Crippen LogP contribution is -2.37. The molecule has 0 fully saturated rings. The minimum absolute atomic E-state index is 0.0159. The largest absolute Gasteiger partial charge is 0.307 e. The van der Waals surface area contributed by atoms with Crippen LogP contribution < -0.4 is 10.5 Å². The van der Waals surface area contributed by atoms with Crippen molar-refractivity contribution in [2.24, 2.45) is 0 Å². The summed E-state index contributed by atoms with van der Waals surface area (Å²) in [5.74, 6) is 0. The van der Waals surface area contributed by atoms with Crippen molar-refractivity contribution in [3.63, 3.8) is 0 Å². The Hall–Kier alpha value is -1.46. The molecule has 0 atom stereocenters. The molecule has 0 unspecified atom stereocenters. The second-order valence-electron chi connectivity index (χ2n) is 7.88. The van der Waals surface area contributed by atoms with E-state index in [1.165, 1.54) is 10.8 Å². The van der Waals surface area contributed by atoms with Crippen molar-refractivity contribution >= 4 is 13.3 Å². The quantitative estimate of drug-likeness (QED) is 0.863. The van der Waals surface area contributed by atoms with Crippen molar-refractivity contribution in [3.05, 3.63) is 41.7 Å². The summed E-state index contributed by atoms with van der Waals surface area (Å²) in [6, 6.07) is 9.01. The number of benzene rings is 1. The highest BCUT2D eigenvalue weighted by molar-refractivity contribution is 6.88. The zero-order valence-electron chi connectivity index (χ0n) is 14.6. The van der Waals surface area contributed by atoms with Crippen LogP contribution in [0.3, 0.4) is 0 Å². The average molecular weight is 317 g/mol. The standard InChI is InChI=1S/C17H28N4Si/c1-17(2,3)21-13-15(19-20-21)12-18-11-14-7-9-16(10-8-14)22(4,5)6/h7-10,13,18H,11-12H2,1-6H3. The van der Waals surface area contributed by atoms with Gasteiger partial charge in [0.1, 0.15) is 0 Å². The first-order valence-electron chi connectivity index (χ1n) is 7.88. The molecule has 0 aliphatic heterocycles. The first-order chi connectivity index (χ1) is 10.2. The highest BCUT2D eigenvalue weighted by Crippen LogP contribution is 2.11. The highest BCUT2D eigenvalue weighted by Gasteiger charge is 2.16. The van der Waals surface area contributed by atoms with Crippen molar-refractivity contribution in [2.75, 3.05) is 0 Å². The van der Waals surface area contributed by atoms with Gasteiger partial charge in [0, 0.05) is 13.1 Å². The van der Waals surface area contributed by atoms with Gasteiger partial charge in [-0.05, 0) is 26.3 Å². The second kappa shape index (κ2) is 6.34. The van der Waals surface area contributed by atoms with E-state index in [1.807, 2.05) is 10.9 Å². The van der Waals surface area contributed by atoms with Gasteiger partial charge in [-0.3, -0.25) is 0 Å². The zero-order valence-corrected chi connectivity index (χ0v) is 15.6. The van der Waals surface area contributed by atoms with Gasteiger partial charge < -0.3 is 5.32 Å². The maximum absolute atomic E-state index is 4.22. The van der Waals surface area contributed by atoms with Crippen LogP contribution >= 0.6 is 0 Å². The van der Waals surface area contributed by atoms with Gasteiger partial charge in [-0.25, -0.2) is 4.68 Å². The van der Waals surface area contributed by atoms with Gasteiger partial charge in [0.15, 0.2) is 0 Å². The monoisotopic (exact) mass is 316 g/mol. The molecular formula is C17H28N4Si. The van der Waals surface area contributed by atoms with E-state index in [1.54, 1.807) is 0 Å². The van der Waals surface area contributed by atoms with Crippen LogP contribution in [0.5, 0.6) is 0 Å². The molecular weight excluding hydrogens is 288 g/mol. The summed E-state index contributed by atoms with van der Waals surface area (Å²) in [5, 5.41) is 13.3. The summed E-state index contributed by atoms with van der Waals surface area (Å²) in [7, 11) is -1.20. The van der Waals surface area contributed by atoms with E-state index in [-0.39, 0.29) is 5.54 Å². The zero-order chi connectivity index (χ0) is 16.4. The molecule has 0 spiro atoms. The Morgan fingerprint density at radius 2 is 1.68 bits per heavy atom. The molecule has 0 bridgehead atoms. The predicted octanol–water partition coefficient (Wildman–Crippen LogP) is 2.87. The molecule has 0 saturated carbocycles. The molecule has 1 aromatic heterocycles. The first-order valence-corrected chi connectivity index (χ1v) is 11.4. The SMILES string of the molecule is CC(C)(C)n1cc(CNCc2ccc([Si](C)(C)C)cc2)nn1. The van der Waals surface area contributed by atoms with Gasteiger partial charge in [0.25, 0.3) is 0 Å². The van der Waals surface area contributed by atoms with E-state index >= 15 is 0 Å². The molecule has 1 N–H and O–H groups in total. The summed E-state index contributed by atoms with van der Waals surface area (Å²) in [6.45, 7) is 15.1. The fourth-order valence-corrected chi connectivity index (χ4v) is 3.33. The van der Waals surface area contributed by atoms with Gasteiger partial charge >= 0.3 is 0 Å². The van der Waals surface area contributed by atoms with Crippen molar-refractivity contribution in [1.29, 1.82) is 0 Å². The van der Waals surface area contributed by atoms with E-state index in [4.69, 9.17) is 0 Å². The molecule has 0 aliphatic carbocycles. The van der Waals surface area contributed by atoms with Gasteiger partial charge in [0.2, 0.25) is 0 Å². The van der Waals surface area contributed by atoms with Crippen LogP contribution in [0.25, 0.3) is 0 Å². The molecule has 4 nitrogen and oxygen atoms in total. The molecule has 22 heavy (non-hydrogen) atoms. The summed E-state index contributed by atoms with van der Waals surface area (Å²) in [6.07, 6.45) is 2.02. The predicted molar refractivity (Wildman–Crippen MR) is 95.0 cm³/mol. The third-order valence-corrected chi connectivity index (χ3v) is 5.75. The molecule has 1 aromatic carbocycles. The normalized spacial score (nSPS) is 12.6. The number of nitrogens with one attached hydrogen (secondary N) is 1. The maximum Gasteiger partial charge on any atom is 0.0965 e. The highest BCUT2D eigenvalue weighted by atomic mass is 28.3. The smallest absolute Gasteiger partial charge is 0.0965 e. The van der Waals surface area contributed by atoms with E-state index < -0.39 is 8.07 Å². The maximum atomic E-state index is 4.22. The van der Waals surface area contributed by atoms with Gasteiger partial charge in [-0.1, -0.05) is 54.3 Å². The lowest BCUT2D eigenvalue weighted by atomic mass is 10.1. The molecule has 0 aliphatic rings. The fraction of sp³-hybridized carbons (Fsp3) is 0.529. The third kappa shape index (κ3) is 4.51. The Bertz CT molecular complexity index is 603. The minimum Gasteiger partial charge on any atom is -0.307 e. The summed E-state index contributed by atoms with van der Waals surface area (Å²) in [5.41, 5.74) is 2.27. The molecule has 5 heteroatoms. The molecule has 2 aromatic rings. The van der Waals surface area contributed by atoms with E-state index in [9.17, 15) is 0 Å². The van der Waals surface area contributed by atoms with Gasteiger partial charge in [0.05, 0.1) is 25.5 Å². The molecule has 120 valence electrons. The van der Waals surface area contributed by atoms with Crippen LogP contribution in [0.1, 0.15) is 32.0 Å². The first kappa shape index (κ1) is 16.9. The van der Waals surface area contributed by atoms with Crippen molar-refractivity contribution in [3.8, 4) is 0 Å². The molecule has 2 rings (SSSR count). The lowest BCUT2D eigenvalue weighted by molar-refractivity contribution is 0.347. The third-order valence-electron chi connectivity index (χ3n) is 3.68. The van der Waals surface area contributed by atoms with Crippen molar-refractivity contribution in [2.45, 2.75) is 59.0 Å². The molecule has 0 saturated heterocycles. The molecule has 0 amide bonds. The van der Waals surface area contributed by atoms with Crippen LogP contribution in [-0.2, 0) is 18.6 Å². The van der Waals surface area contributed by atoms with Crippen LogP contribution in [0, 0.1) is 0 Å². The van der Waals surface area contributed by atoms with E-state index in [0.29, 0.717) is 0 Å². The topological polar surface area (TPSA) is 42.7 Å². The Kier molecular flexibility index (Phi) is 4.87. The Morgan fingerprint density at radius 3 is 2.18 bits per heavy atom. The van der Waals surface area contributed by atoms with E-state index in [0.717, 1.165) is 18.8 Å². The molecule has 0 radical (unpaired) electrons. The van der Waals surface area contributed by atoms with Crippen LogP contribution in [0.2, 0.25) is 19.6 Å². The number of hydrogen-bond donors (Lipinski definition) is 1. The molecule has 1 heterocycles. The van der Waals surface area contributed by atoms with Crippen LogP contribution in [-0.4, -0.2) is 23.1 Å². The van der Waals surface area contributed by atoms with Gasteiger partial charge in [-0.15, -0.1) is 5.10 Å². The fourth-order valence-electron chi connectivity index (χ4n) is 2.16. The lowest BCUT2D eigenvalue weighted by Gasteiger charge is -2.17. The van der Waals surface area contributed by atoms with Crippen LogP contribution in [0.4, 0.5) is 0 Å². The van der Waals surface area contributed by atoms with E-state index in [2.05, 4.69) is 80.3 Å².